The molecule has 0 unspecified atom stereocenters. The predicted octanol–water partition coefficient (Wildman–Crippen LogP) is 2.01. The summed E-state index contributed by atoms with van der Waals surface area (Å²) in [6, 6.07) is 4.08. The summed E-state index contributed by atoms with van der Waals surface area (Å²) >= 11 is 1.62. The summed E-state index contributed by atoms with van der Waals surface area (Å²) in [6.07, 6.45) is 4.79. The zero-order chi connectivity index (χ0) is 9.26. The summed E-state index contributed by atoms with van der Waals surface area (Å²) in [5, 5.41) is 5.16. The lowest BCUT2D eigenvalue weighted by molar-refractivity contribution is 0.772. The molecule has 2 aromatic heterocycles. The predicted molar refractivity (Wildman–Crippen MR) is 54.1 cm³/mol. The van der Waals surface area contributed by atoms with Crippen molar-refractivity contribution in [3.05, 3.63) is 24.0 Å². The maximum absolute atomic E-state index is 4.47. The van der Waals surface area contributed by atoms with E-state index in [0.717, 1.165) is 22.8 Å². The fourth-order valence-corrected chi connectivity index (χ4v) is 1.80. The number of hydrogen-bond donors (Lipinski definition) is 0. The number of aromatic nitrogens is 3. The highest BCUT2D eigenvalue weighted by Crippen LogP contribution is 2.15. The van der Waals surface area contributed by atoms with Gasteiger partial charge in [0.25, 0.3) is 0 Å². The minimum Gasteiger partial charge on any atom is -0.228 e. The highest BCUT2D eigenvalue weighted by atomic mass is 32.2. The molecule has 0 aromatic carbocycles. The van der Waals surface area contributed by atoms with Crippen LogP contribution in [0.15, 0.2) is 23.5 Å². The van der Waals surface area contributed by atoms with Gasteiger partial charge in [0.05, 0.1) is 11.7 Å². The summed E-state index contributed by atoms with van der Waals surface area (Å²) in [4.78, 5) is 4.47. The molecule has 2 aromatic rings. The molecule has 4 heteroatoms. The van der Waals surface area contributed by atoms with Gasteiger partial charge in [-0.3, -0.25) is 0 Å². The van der Waals surface area contributed by atoms with Gasteiger partial charge < -0.3 is 0 Å². The van der Waals surface area contributed by atoms with E-state index in [-0.39, 0.29) is 0 Å². The second kappa shape index (κ2) is 3.38. The molecule has 0 amide bonds. The average molecular weight is 193 g/mol. The standard InChI is InChI=1S/C9H11N3S/c1-3-7-6-8-4-5-10-12(8)9(11-7)13-2/h4-6H,3H2,1-2H3. The molecule has 0 bridgehead atoms. The lowest BCUT2D eigenvalue weighted by atomic mass is 10.3. The number of nitrogens with zero attached hydrogens (tertiary/aromatic N) is 3. The summed E-state index contributed by atoms with van der Waals surface area (Å²) < 4.78 is 1.86. The van der Waals surface area contributed by atoms with E-state index in [9.17, 15) is 0 Å². The van der Waals surface area contributed by atoms with Gasteiger partial charge in [-0.2, -0.15) is 5.10 Å². The smallest absolute Gasteiger partial charge is 0.189 e. The maximum atomic E-state index is 4.47. The number of thioether (sulfide) groups is 1. The number of rotatable bonds is 2. The summed E-state index contributed by atoms with van der Waals surface area (Å²) in [6.45, 7) is 2.11. The van der Waals surface area contributed by atoms with Crippen LogP contribution in [0.5, 0.6) is 0 Å². The van der Waals surface area contributed by atoms with Crippen LogP contribution in [0, 0.1) is 0 Å². The zero-order valence-electron chi connectivity index (χ0n) is 7.69. The van der Waals surface area contributed by atoms with Crippen molar-refractivity contribution in [1.82, 2.24) is 14.6 Å². The van der Waals surface area contributed by atoms with Gasteiger partial charge >= 0.3 is 0 Å². The molecule has 0 N–H and O–H groups in total. The molecule has 0 atom stereocenters. The SMILES string of the molecule is CCc1cc2ccnn2c(SC)n1. The molecule has 0 aliphatic rings. The van der Waals surface area contributed by atoms with Crippen LogP contribution in [0.1, 0.15) is 12.6 Å². The molecule has 0 aliphatic carbocycles. The second-order valence-electron chi connectivity index (χ2n) is 2.76. The number of aryl methyl sites for hydroxylation is 1. The average Bonchev–Trinajstić information content (AvgIpc) is 2.63. The van der Waals surface area contributed by atoms with Gasteiger partial charge in [0.2, 0.25) is 0 Å². The Bertz CT molecular complexity index is 422. The third-order valence-electron chi connectivity index (χ3n) is 1.95. The Balaban J connectivity index is 2.70. The maximum Gasteiger partial charge on any atom is 0.189 e. The Morgan fingerprint density at radius 1 is 1.54 bits per heavy atom. The monoisotopic (exact) mass is 193 g/mol. The van der Waals surface area contributed by atoms with Crippen molar-refractivity contribution >= 4 is 17.3 Å². The highest BCUT2D eigenvalue weighted by Gasteiger charge is 2.03. The molecule has 0 spiro atoms. The van der Waals surface area contributed by atoms with E-state index < -0.39 is 0 Å². The number of fused-ring (bicyclic) bond motifs is 1. The van der Waals surface area contributed by atoms with E-state index in [1.807, 2.05) is 16.8 Å². The van der Waals surface area contributed by atoms with Crippen LogP contribution in [0.25, 0.3) is 5.52 Å². The van der Waals surface area contributed by atoms with E-state index in [0.29, 0.717) is 0 Å². The van der Waals surface area contributed by atoms with Crippen molar-refractivity contribution < 1.29 is 0 Å². The lowest BCUT2D eigenvalue weighted by Crippen LogP contribution is -1.98. The van der Waals surface area contributed by atoms with Crippen molar-refractivity contribution in [2.24, 2.45) is 0 Å². The molecule has 13 heavy (non-hydrogen) atoms. The van der Waals surface area contributed by atoms with E-state index in [1.165, 1.54) is 0 Å². The Labute approximate surface area is 81.2 Å². The van der Waals surface area contributed by atoms with Crippen molar-refractivity contribution in [3.8, 4) is 0 Å². The van der Waals surface area contributed by atoms with E-state index in [2.05, 4.69) is 23.1 Å². The second-order valence-corrected chi connectivity index (χ2v) is 3.53. The van der Waals surface area contributed by atoms with Gasteiger partial charge in [-0.15, -0.1) is 0 Å². The fraction of sp³-hybridized carbons (Fsp3) is 0.333. The van der Waals surface area contributed by atoms with Crippen LogP contribution < -0.4 is 0 Å². The first-order chi connectivity index (χ1) is 6.35. The van der Waals surface area contributed by atoms with Crippen LogP contribution in [0.2, 0.25) is 0 Å². The quantitative estimate of drug-likeness (QED) is 0.540. The molecular formula is C9H11N3S. The van der Waals surface area contributed by atoms with Gasteiger partial charge in [0.1, 0.15) is 0 Å². The first kappa shape index (κ1) is 8.56. The Morgan fingerprint density at radius 2 is 2.38 bits per heavy atom. The minimum atomic E-state index is 0.958. The van der Waals surface area contributed by atoms with Crippen LogP contribution in [0.4, 0.5) is 0 Å². The van der Waals surface area contributed by atoms with Crippen molar-refractivity contribution in [1.29, 1.82) is 0 Å². The molecule has 68 valence electrons. The lowest BCUT2D eigenvalue weighted by Gasteiger charge is -2.02. The third kappa shape index (κ3) is 1.42. The molecule has 0 fully saturated rings. The zero-order valence-corrected chi connectivity index (χ0v) is 8.51. The summed E-state index contributed by atoms with van der Waals surface area (Å²) in [7, 11) is 0. The highest BCUT2D eigenvalue weighted by molar-refractivity contribution is 7.98. The summed E-state index contributed by atoms with van der Waals surface area (Å²) in [5.74, 6) is 0. The molecule has 0 radical (unpaired) electrons. The van der Waals surface area contributed by atoms with Gasteiger partial charge in [-0.25, -0.2) is 9.50 Å². The summed E-state index contributed by atoms with van der Waals surface area (Å²) in [5.41, 5.74) is 2.24. The van der Waals surface area contributed by atoms with Crippen LogP contribution in [0.3, 0.4) is 0 Å². The van der Waals surface area contributed by atoms with Crippen LogP contribution in [-0.2, 0) is 6.42 Å². The van der Waals surface area contributed by atoms with E-state index in [1.54, 1.807) is 18.0 Å². The van der Waals surface area contributed by atoms with Gasteiger partial charge in [-0.05, 0) is 24.8 Å². The van der Waals surface area contributed by atoms with Crippen LogP contribution >= 0.6 is 11.8 Å². The molecule has 0 aliphatic heterocycles. The van der Waals surface area contributed by atoms with Crippen molar-refractivity contribution in [3.63, 3.8) is 0 Å². The fourth-order valence-electron chi connectivity index (χ4n) is 1.27. The molecule has 0 saturated carbocycles. The van der Waals surface area contributed by atoms with Crippen molar-refractivity contribution in [2.45, 2.75) is 18.5 Å². The largest absolute Gasteiger partial charge is 0.228 e. The van der Waals surface area contributed by atoms with Crippen LogP contribution in [-0.4, -0.2) is 20.9 Å². The molecule has 2 rings (SSSR count). The molecule has 0 saturated heterocycles. The van der Waals surface area contributed by atoms with Gasteiger partial charge in [0.15, 0.2) is 5.16 Å². The molecule has 2 heterocycles. The minimum absolute atomic E-state index is 0.958. The molecular weight excluding hydrogens is 182 g/mol. The van der Waals surface area contributed by atoms with Crippen molar-refractivity contribution in [2.75, 3.05) is 6.26 Å². The Kier molecular flexibility index (Phi) is 2.22. The Morgan fingerprint density at radius 3 is 3.08 bits per heavy atom. The number of hydrogen-bond acceptors (Lipinski definition) is 3. The van der Waals surface area contributed by atoms with E-state index in [4.69, 9.17) is 0 Å². The molecule has 3 nitrogen and oxygen atoms in total. The first-order valence-electron chi connectivity index (χ1n) is 4.23. The normalized spacial score (nSPS) is 10.9. The van der Waals surface area contributed by atoms with Gasteiger partial charge in [0, 0.05) is 5.69 Å². The first-order valence-corrected chi connectivity index (χ1v) is 5.45. The van der Waals surface area contributed by atoms with Gasteiger partial charge in [-0.1, -0.05) is 18.7 Å². The Hall–Kier alpha value is -1.03. The van der Waals surface area contributed by atoms with E-state index >= 15 is 0 Å². The topological polar surface area (TPSA) is 30.2 Å². The third-order valence-corrected chi connectivity index (χ3v) is 2.58.